The second-order valence-corrected chi connectivity index (χ2v) is 2.47. The van der Waals surface area contributed by atoms with Crippen molar-refractivity contribution in [1.29, 1.82) is 0 Å². The molecule has 1 N–H and O–H groups in total. The van der Waals surface area contributed by atoms with E-state index in [2.05, 4.69) is 0 Å². The topological polar surface area (TPSA) is 37.3 Å². The molecular weight excluding hydrogens is 185 g/mol. The SMILES string of the molecule is CC=C(CCCO)C(=O)C(F)(F)F. The lowest BCUT2D eigenvalue weighted by molar-refractivity contribution is -0.166. The Hall–Kier alpha value is -0.840. The van der Waals surface area contributed by atoms with Crippen LogP contribution in [-0.4, -0.2) is 23.7 Å². The normalized spacial score (nSPS) is 13.2. The first-order valence-corrected chi connectivity index (χ1v) is 3.81. The molecule has 0 amide bonds. The minimum absolute atomic E-state index is 0.0364. The number of carbonyl (C=O) groups is 1. The van der Waals surface area contributed by atoms with Gasteiger partial charge in [-0.05, 0) is 19.8 Å². The molecule has 0 fully saturated rings. The molecule has 0 aliphatic carbocycles. The molecule has 0 aliphatic heterocycles. The molecule has 2 nitrogen and oxygen atoms in total. The van der Waals surface area contributed by atoms with Crippen molar-refractivity contribution in [2.75, 3.05) is 6.61 Å². The maximum Gasteiger partial charge on any atom is 0.454 e. The number of rotatable bonds is 4. The Balaban J connectivity index is 4.35. The van der Waals surface area contributed by atoms with E-state index in [4.69, 9.17) is 5.11 Å². The van der Waals surface area contributed by atoms with E-state index < -0.39 is 12.0 Å². The van der Waals surface area contributed by atoms with E-state index in [1.165, 1.54) is 6.92 Å². The van der Waals surface area contributed by atoms with Crippen LogP contribution in [0.5, 0.6) is 0 Å². The molecule has 0 unspecified atom stereocenters. The number of halogens is 3. The van der Waals surface area contributed by atoms with Crippen molar-refractivity contribution < 1.29 is 23.1 Å². The Labute approximate surface area is 74.1 Å². The third-order valence-corrected chi connectivity index (χ3v) is 1.50. The number of allylic oxidation sites excluding steroid dienone is 2. The first-order valence-electron chi connectivity index (χ1n) is 3.81. The zero-order valence-electron chi connectivity index (χ0n) is 7.19. The standard InChI is InChI=1S/C8H11F3O2/c1-2-6(4-3-5-12)7(13)8(9,10)11/h2,12H,3-5H2,1H3. The molecule has 0 aliphatic rings. The fourth-order valence-electron chi connectivity index (χ4n) is 0.841. The number of alkyl halides is 3. The van der Waals surface area contributed by atoms with Crippen LogP contribution in [0.4, 0.5) is 13.2 Å². The van der Waals surface area contributed by atoms with Crippen LogP contribution in [0.2, 0.25) is 0 Å². The number of aliphatic hydroxyl groups excluding tert-OH is 1. The van der Waals surface area contributed by atoms with Crippen LogP contribution >= 0.6 is 0 Å². The van der Waals surface area contributed by atoms with Gasteiger partial charge in [0.1, 0.15) is 0 Å². The van der Waals surface area contributed by atoms with E-state index in [0.29, 0.717) is 0 Å². The fraction of sp³-hybridized carbons (Fsp3) is 0.625. The summed E-state index contributed by atoms with van der Waals surface area (Å²) in [5.74, 6) is -1.82. The van der Waals surface area contributed by atoms with Gasteiger partial charge in [-0.3, -0.25) is 4.79 Å². The maximum absolute atomic E-state index is 11.9. The molecule has 0 radical (unpaired) electrons. The molecule has 0 rings (SSSR count). The number of ketones is 1. The zero-order chi connectivity index (χ0) is 10.5. The second-order valence-electron chi connectivity index (χ2n) is 2.47. The van der Waals surface area contributed by atoms with Crippen molar-refractivity contribution in [3.8, 4) is 0 Å². The van der Waals surface area contributed by atoms with Gasteiger partial charge in [0.15, 0.2) is 0 Å². The number of Topliss-reactive ketones (excluding diaryl/α,β-unsaturated/α-hetero) is 1. The Morgan fingerprint density at radius 1 is 1.46 bits per heavy atom. The van der Waals surface area contributed by atoms with Crippen LogP contribution in [-0.2, 0) is 4.79 Å². The lowest BCUT2D eigenvalue weighted by Gasteiger charge is -2.07. The van der Waals surface area contributed by atoms with Gasteiger partial charge in [0.05, 0.1) is 0 Å². The average molecular weight is 196 g/mol. The van der Waals surface area contributed by atoms with Gasteiger partial charge < -0.3 is 5.11 Å². The molecule has 0 heterocycles. The molecule has 0 saturated carbocycles. The molecule has 0 aromatic carbocycles. The van der Waals surface area contributed by atoms with Gasteiger partial charge in [0, 0.05) is 12.2 Å². The van der Waals surface area contributed by atoms with E-state index in [-0.39, 0.29) is 25.0 Å². The number of hydrogen-bond acceptors (Lipinski definition) is 2. The Kier molecular flexibility index (Phi) is 4.69. The molecular formula is C8H11F3O2. The lowest BCUT2D eigenvalue weighted by Crippen LogP contribution is -2.24. The highest BCUT2D eigenvalue weighted by molar-refractivity contribution is 5.99. The summed E-state index contributed by atoms with van der Waals surface area (Å²) in [4.78, 5) is 10.6. The first kappa shape index (κ1) is 12.2. The number of carbonyl (C=O) groups excluding carboxylic acids is 1. The van der Waals surface area contributed by atoms with Gasteiger partial charge in [-0.15, -0.1) is 0 Å². The molecule has 0 aromatic heterocycles. The van der Waals surface area contributed by atoms with Crippen molar-refractivity contribution in [1.82, 2.24) is 0 Å². The van der Waals surface area contributed by atoms with Gasteiger partial charge in [0.2, 0.25) is 0 Å². The van der Waals surface area contributed by atoms with Crippen LogP contribution in [0.1, 0.15) is 19.8 Å². The van der Waals surface area contributed by atoms with Crippen molar-refractivity contribution in [2.24, 2.45) is 0 Å². The smallest absolute Gasteiger partial charge is 0.396 e. The molecule has 76 valence electrons. The summed E-state index contributed by atoms with van der Waals surface area (Å²) in [7, 11) is 0. The molecule has 13 heavy (non-hydrogen) atoms. The third kappa shape index (κ3) is 4.07. The van der Waals surface area contributed by atoms with Gasteiger partial charge in [-0.2, -0.15) is 13.2 Å². The largest absolute Gasteiger partial charge is 0.454 e. The monoisotopic (exact) mass is 196 g/mol. The third-order valence-electron chi connectivity index (χ3n) is 1.50. The van der Waals surface area contributed by atoms with Crippen molar-refractivity contribution in [2.45, 2.75) is 25.9 Å². The van der Waals surface area contributed by atoms with Crippen molar-refractivity contribution in [3.63, 3.8) is 0 Å². The molecule has 0 aromatic rings. The molecule has 0 bridgehead atoms. The Morgan fingerprint density at radius 2 is 2.00 bits per heavy atom. The van der Waals surface area contributed by atoms with Crippen LogP contribution in [0.3, 0.4) is 0 Å². The predicted octanol–water partition coefficient (Wildman–Crippen LogP) is 1.84. The zero-order valence-corrected chi connectivity index (χ0v) is 7.19. The van der Waals surface area contributed by atoms with E-state index >= 15 is 0 Å². The second kappa shape index (κ2) is 5.01. The molecule has 5 heteroatoms. The quantitative estimate of drug-likeness (QED) is 0.696. The summed E-state index contributed by atoms with van der Waals surface area (Å²) < 4.78 is 35.6. The minimum atomic E-state index is -4.81. The Morgan fingerprint density at radius 3 is 2.31 bits per heavy atom. The molecule has 0 saturated heterocycles. The summed E-state index contributed by atoms with van der Waals surface area (Å²) in [5, 5.41) is 8.38. The predicted molar refractivity (Wildman–Crippen MR) is 41.1 cm³/mol. The summed E-state index contributed by atoms with van der Waals surface area (Å²) in [6, 6.07) is 0. The van der Waals surface area contributed by atoms with Crippen LogP contribution in [0.15, 0.2) is 11.6 Å². The highest BCUT2D eigenvalue weighted by Crippen LogP contribution is 2.22. The van der Waals surface area contributed by atoms with E-state index in [1.807, 2.05) is 0 Å². The van der Waals surface area contributed by atoms with Gasteiger partial charge >= 0.3 is 6.18 Å². The summed E-state index contributed by atoms with van der Waals surface area (Å²) in [5.41, 5.74) is -0.290. The van der Waals surface area contributed by atoms with E-state index in [0.717, 1.165) is 6.08 Å². The average Bonchev–Trinajstić information content (AvgIpc) is 2.04. The summed E-state index contributed by atoms with van der Waals surface area (Å²) in [6.07, 6.45) is -3.55. The highest BCUT2D eigenvalue weighted by atomic mass is 19.4. The summed E-state index contributed by atoms with van der Waals surface area (Å²) >= 11 is 0. The molecule has 0 atom stereocenters. The van der Waals surface area contributed by atoms with Crippen molar-refractivity contribution in [3.05, 3.63) is 11.6 Å². The van der Waals surface area contributed by atoms with E-state index in [9.17, 15) is 18.0 Å². The maximum atomic E-state index is 11.9. The number of aliphatic hydroxyl groups is 1. The molecule has 0 spiro atoms. The Bertz CT molecular complexity index is 206. The van der Waals surface area contributed by atoms with Gasteiger partial charge in [-0.25, -0.2) is 0 Å². The van der Waals surface area contributed by atoms with E-state index in [1.54, 1.807) is 0 Å². The fourth-order valence-corrected chi connectivity index (χ4v) is 0.841. The first-order chi connectivity index (χ1) is 5.93. The van der Waals surface area contributed by atoms with Crippen LogP contribution < -0.4 is 0 Å². The van der Waals surface area contributed by atoms with Gasteiger partial charge in [0.25, 0.3) is 5.78 Å². The number of hydrogen-bond donors (Lipinski definition) is 1. The minimum Gasteiger partial charge on any atom is -0.396 e. The van der Waals surface area contributed by atoms with Crippen LogP contribution in [0.25, 0.3) is 0 Å². The summed E-state index contributed by atoms with van der Waals surface area (Å²) in [6.45, 7) is 1.15. The van der Waals surface area contributed by atoms with Crippen molar-refractivity contribution >= 4 is 5.78 Å². The van der Waals surface area contributed by atoms with Gasteiger partial charge in [-0.1, -0.05) is 6.08 Å². The lowest BCUT2D eigenvalue weighted by atomic mass is 10.1. The highest BCUT2D eigenvalue weighted by Gasteiger charge is 2.39. The van der Waals surface area contributed by atoms with Crippen LogP contribution in [0, 0.1) is 0 Å².